The Morgan fingerprint density at radius 3 is 3.00 bits per heavy atom. The number of rotatable bonds is 5. The van der Waals surface area contributed by atoms with Gasteiger partial charge in [0.1, 0.15) is 5.75 Å². The molecule has 0 unspecified atom stereocenters. The number of aromatic nitrogens is 3. The summed E-state index contributed by atoms with van der Waals surface area (Å²) < 4.78 is 5.23. The monoisotopic (exact) mass is 362 g/mol. The van der Waals surface area contributed by atoms with E-state index in [0.29, 0.717) is 27.3 Å². The van der Waals surface area contributed by atoms with Crippen molar-refractivity contribution in [2.24, 2.45) is 0 Å². The molecule has 0 spiro atoms. The van der Waals surface area contributed by atoms with Crippen LogP contribution in [0.1, 0.15) is 6.92 Å². The van der Waals surface area contributed by atoms with Gasteiger partial charge in [0.2, 0.25) is 5.91 Å². The normalized spacial score (nSPS) is 12.1. The molecule has 0 saturated carbocycles. The van der Waals surface area contributed by atoms with Crippen molar-refractivity contribution in [1.82, 2.24) is 15.0 Å². The van der Waals surface area contributed by atoms with Crippen LogP contribution in [-0.4, -0.2) is 33.2 Å². The lowest BCUT2D eigenvalue weighted by molar-refractivity contribution is -0.115. The van der Waals surface area contributed by atoms with E-state index in [1.165, 1.54) is 18.0 Å². The molecule has 6 nitrogen and oxygen atoms in total. The van der Waals surface area contributed by atoms with E-state index in [-0.39, 0.29) is 11.2 Å². The number of pyridine rings is 1. The fourth-order valence-electron chi connectivity index (χ4n) is 2.11. The van der Waals surface area contributed by atoms with Crippen LogP contribution >= 0.6 is 23.4 Å². The summed E-state index contributed by atoms with van der Waals surface area (Å²) in [6, 6.07) is 9.02. The van der Waals surface area contributed by atoms with Crippen molar-refractivity contribution in [3.63, 3.8) is 0 Å². The van der Waals surface area contributed by atoms with E-state index in [9.17, 15) is 4.79 Å². The summed E-state index contributed by atoms with van der Waals surface area (Å²) in [6.07, 6.45) is 1.54. The van der Waals surface area contributed by atoms with Crippen LogP contribution in [0.25, 0.3) is 11.2 Å². The van der Waals surface area contributed by atoms with Crippen molar-refractivity contribution in [2.75, 3.05) is 12.4 Å². The summed E-state index contributed by atoms with van der Waals surface area (Å²) in [7, 11) is 1.57. The number of aromatic amines is 1. The molecule has 0 saturated heterocycles. The highest BCUT2D eigenvalue weighted by atomic mass is 35.5. The number of amides is 1. The summed E-state index contributed by atoms with van der Waals surface area (Å²) in [5.41, 5.74) is 1.94. The largest absolute Gasteiger partial charge is 0.495 e. The number of nitrogens with one attached hydrogen (secondary N) is 2. The number of ether oxygens (including phenoxy) is 1. The zero-order valence-corrected chi connectivity index (χ0v) is 14.6. The molecule has 8 heteroatoms. The number of carbonyl (C=O) groups is 1. The Morgan fingerprint density at radius 1 is 1.42 bits per heavy atom. The molecule has 2 N–H and O–H groups in total. The van der Waals surface area contributed by atoms with Gasteiger partial charge in [-0.1, -0.05) is 35.5 Å². The fourth-order valence-corrected chi connectivity index (χ4v) is 3.08. The van der Waals surface area contributed by atoms with Gasteiger partial charge < -0.3 is 15.0 Å². The number of H-pyrrole nitrogens is 1. The van der Waals surface area contributed by atoms with Crippen molar-refractivity contribution in [3.05, 3.63) is 41.6 Å². The van der Waals surface area contributed by atoms with Gasteiger partial charge in [0.15, 0.2) is 10.8 Å². The number of hydrogen-bond donors (Lipinski definition) is 2. The number of halogens is 1. The van der Waals surface area contributed by atoms with Crippen LogP contribution in [0, 0.1) is 0 Å². The minimum Gasteiger partial charge on any atom is -0.495 e. The second-order valence-corrected chi connectivity index (χ2v) is 6.78. The van der Waals surface area contributed by atoms with E-state index >= 15 is 0 Å². The first kappa shape index (κ1) is 16.6. The zero-order chi connectivity index (χ0) is 17.1. The Kier molecular flexibility index (Phi) is 4.92. The van der Waals surface area contributed by atoms with Crippen molar-refractivity contribution in [3.8, 4) is 5.75 Å². The molecule has 0 radical (unpaired) electrons. The average molecular weight is 363 g/mol. The van der Waals surface area contributed by atoms with E-state index in [1.54, 1.807) is 25.3 Å². The van der Waals surface area contributed by atoms with Gasteiger partial charge in [-0.3, -0.25) is 4.79 Å². The molecular weight excluding hydrogens is 348 g/mol. The third-order valence-electron chi connectivity index (χ3n) is 3.30. The molecule has 1 amide bonds. The Hall–Kier alpha value is -2.25. The fraction of sp³-hybridized carbons (Fsp3) is 0.188. The van der Waals surface area contributed by atoms with Crippen molar-refractivity contribution in [2.45, 2.75) is 17.3 Å². The average Bonchev–Trinajstić information content (AvgIpc) is 2.96. The SMILES string of the molecule is COc1ccccc1NC(=O)[C@H](C)Sc1nc2ncc(Cl)cc2[nH]1. The number of anilines is 1. The molecule has 3 rings (SSSR count). The van der Waals surface area contributed by atoms with Crippen molar-refractivity contribution in [1.29, 1.82) is 0 Å². The summed E-state index contributed by atoms with van der Waals surface area (Å²) in [6.45, 7) is 1.81. The van der Waals surface area contributed by atoms with E-state index in [4.69, 9.17) is 16.3 Å². The second kappa shape index (κ2) is 7.11. The standard InChI is InChI=1S/C16H15ClN4O2S/c1-9(15(22)19-11-5-3-4-6-13(11)23-2)24-16-20-12-7-10(17)8-18-14(12)21-16/h3-9H,1-2H3,(H,19,22)(H,18,20,21)/t9-/m0/s1. The molecule has 1 aromatic carbocycles. The maximum atomic E-state index is 12.4. The number of fused-ring (bicyclic) bond motifs is 1. The number of nitrogens with zero attached hydrogens (tertiary/aromatic N) is 2. The van der Waals surface area contributed by atoms with Crippen LogP contribution in [0.4, 0.5) is 5.69 Å². The lowest BCUT2D eigenvalue weighted by Crippen LogP contribution is -2.22. The quantitative estimate of drug-likeness (QED) is 0.676. The molecule has 0 aliphatic rings. The lowest BCUT2D eigenvalue weighted by Gasteiger charge is -2.13. The van der Waals surface area contributed by atoms with Gasteiger partial charge in [0.25, 0.3) is 0 Å². The molecule has 0 fully saturated rings. The number of hydrogen-bond acceptors (Lipinski definition) is 5. The number of benzene rings is 1. The first-order chi connectivity index (χ1) is 11.6. The molecule has 2 heterocycles. The maximum Gasteiger partial charge on any atom is 0.237 e. The number of carbonyl (C=O) groups excluding carboxylic acids is 1. The first-order valence-electron chi connectivity index (χ1n) is 7.18. The lowest BCUT2D eigenvalue weighted by atomic mass is 10.3. The van der Waals surface area contributed by atoms with Crippen LogP contribution in [0.15, 0.2) is 41.7 Å². The van der Waals surface area contributed by atoms with Crippen LogP contribution in [0.2, 0.25) is 5.02 Å². The molecule has 0 aliphatic heterocycles. The van der Waals surface area contributed by atoms with Gasteiger partial charge in [0, 0.05) is 6.20 Å². The molecule has 2 aromatic heterocycles. The highest BCUT2D eigenvalue weighted by molar-refractivity contribution is 8.00. The predicted molar refractivity (Wildman–Crippen MR) is 95.8 cm³/mol. The van der Waals surface area contributed by atoms with Gasteiger partial charge in [-0.15, -0.1) is 0 Å². The molecule has 0 aliphatic carbocycles. The van der Waals surface area contributed by atoms with Gasteiger partial charge >= 0.3 is 0 Å². The Morgan fingerprint density at radius 2 is 2.21 bits per heavy atom. The summed E-state index contributed by atoms with van der Waals surface area (Å²) in [5.74, 6) is 0.474. The van der Waals surface area contributed by atoms with Crippen LogP contribution in [0.5, 0.6) is 5.75 Å². The van der Waals surface area contributed by atoms with Crippen LogP contribution in [-0.2, 0) is 4.79 Å². The number of methoxy groups -OCH3 is 1. The maximum absolute atomic E-state index is 12.4. The first-order valence-corrected chi connectivity index (χ1v) is 8.44. The van der Waals surface area contributed by atoms with Crippen molar-refractivity contribution >= 4 is 46.1 Å². The summed E-state index contributed by atoms with van der Waals surface area (Å²) in [4.78, 5) is 24.0. The predicted octanol–water partition coefficient (Wildman–Crippen LogP) is 3.74. The van der Waals surface area contributed by atoms with Gasteiger partial charge in [-0.05, 0) is 25.1 Å². The number of para-hydroxylation sites is 2. The van der Waals surface area contributed by atoms with Crippen LogP contribution < -0.4 is 10.1 Å². The highest BCUT2D eigenvalue weighted by Gasteiger charge is 2.18. The topological polar surface area (TPSA) is 79.9 Å². The van der Waals surface area contributed by atoms with E-state index in [1.807, 2.05) is 19.1 Å². The smallest absolute Gasteiger partial charge is 0.237 e. The second-order valence-electron chi connectivity index (χ2n) is 5.02. The number of imidazole rings is 1. The zero-order valence-electron chi connectivity index (χ0n) is 13.0. The van der Waals surface area contributed by atoms with Gasteiger partial charge in [-0.2, -0.15) is 0 Å². The summed E-state index contributed by atoms with van der Waals surface area (Å²) >= 11 is 7.22. The Balaban J connectivity index is 1.71. The van der Waals surface area contributed by atoms with E-state index in [2.05, 4.69) is 20.3 Å². The molecule has 0 bridgehead atoms. The molecule has 3 aromatic rings. The third-order valence-corrected chi connectivity index (χ3v) is 4.50. The Bertz CT molecular complexity index is 883. The van der Waals surface area contributed by atoms with E-state index in [0.717, 1.165) is 5.52 Å². The van der Waals surface area contributed by atoms with Crippen molar-refractivity contribution < 1.29 is 9.53 Å². The molecule has 24 heavy (non-hydrogen) atoms. The molecule has 124 valence electrons. The Labute approximate surface area is 148 Å². The molecular formula is C16H15ClN4O2S. The minimum absolute atomic E-state index is 0.143. The van der Waals surface area contributed by atoms with Crippen LogP contribution in [0.3, 0.4) is 0 Å². The van der Waals surface area contributed by atoms with Gasteiger partial charge in [0.05, 0.1) is 28.6 Å². The molecule has 1 atom stereocenters. The van der Waals surface area contributed by atoms with E-state index < -0.39 is 0 Å². The minimum atomic E-state index is -0.356. The third kappa shape index (κ3) is 3.63. The summed E-state index contributed by atoms with van der Waals surface area (Å²) in [5, 5.41) is 3.65. The highest BCUT2D eigenvalue weighted by Crippen LogP contribution is 2.27. The number of thioether (sulfide) groups is 1. The van der Waals surface area contributed by atoms with Gasteiger partial charge in [-0.25, -0.2) is 9.97 Å².